The van der Waals surface area contributed by atoms with Crippen LogP contribution in [0, 0.1) is 5.92 Å². The van der Waals surface area contributed by atoms with Gasteiger partial charge in [0, 0.05) is 23.1 Å². The van der Waals surface area contributed by atoms with E-state index in [4.69, 9.17) is 37.7 Å². The Labute approximate surface area is 190 Å². The molecule has 6 nitrogen and oxygen atoms in total. The summed E-state index contributed by atoms with van der Waals surface area (Å²) in [7, 11) is 2.10. The van der Waals surface area contributed by atoms with Crippen molar-refractivity contribution in [3.63, 3.8) is 0 Å². The number of benzene rings is 2. The van der Waals surface area contributed by atoms with Crippen LogP contribution in [-0.4, -0.2) is 47.5 Å². The number of piperidine rings is 1. The Hall–Kier alpha value is -2.28. The molecule has 1 aromatic heterocycles. The predicted octanol–water partition coefficient (Wildman–Crippen LogP) is 5.30. The second-order valence-electron chi connectivity index (χ2n) is 8.27. The summed E-state index contributed by atoms with van der Waals surface area (Å²) in [6.45, 7) is 1.86. The second kappa shape index (κ2) is 8.34. The van der Waals surface area contributed by atoms with E-state index in [0.717, 1.165) is 36.2 Å². The fraction of sp³-hybridized carbons (Fsp3) is 0.391. The summed E-state index contributed by atoms with van der Waals surface area (Å²) in [4.78, 5) is 23.6. The molecule has 162 valence electrons. The minimum atomic E-state index is 0.0339. The van der Waals surface area contributed by atoms with Gasteiger partial charge in [0.15, 0.2) is 17.3 Å². The molecule has 31 heavy (non-hydrogen) atoms. The minimum Gasteiger partial charge on any atom is -0.486 e. The lowest BCUT2D eigenvalue weighted by molar-refractivity contribution is 0.0885. The maximum Gasteiger partial charge on any atom is 0.164 e. The van der Waals surface area contributed by atoms with Crippen LogP contribution < -0.4 is 9.47 Å². The molecule has 0 radical (unpaired) electrons. The lowest BCUT2D eigenvalue weighted by Crippen LogP contribution is -2.35. The van der Waals surface area contributed by atoms with Crippen molar-refractivity contribution in [1.29, 1.82) is 0 Å². The number of imidazole rings is 1. The smallest absolute Gasteiger partial charge is 0.164 e. The highest BCUT2D eigenvalue weighted by Gasteiger charge is 2.31. The summed E-state index contributed by atoms with van der Waals surface area (Å²) in [5.41, 5.74) is 2.32. The third-order valence-electron chi connectivity index (χ3n) is 6.16. The molecular weight excluding hydrogens is 437 g/mol. The average Bonchev–Trinajstić information content (AvgIpc) is 3.17. The number of Topliss-reactive ketones (excluding diaryl/α,β-unsaturated/α-hetero) is 1. The Bertz CT molecular complexity index is 1150. The molecular formula is C23H23Cl2N3O3. The lowest BCUT2D eigenvalue weighted by Gasteiger charge is -2.35. The number of aromatic nitrogens is 2. The third kappa shape index (κ3) is 4.12. The van der Waals surface area contributed by atoms with Crippen LogP contribution in [0.2, 0.25) is 10.0 Å². The van der Waals surface area contributed by atoms with Crippen molar-refractivity contribution in [2.45, 2.75) is 25.3 Å². The molecule has 0 unspecified atom stereocenters. The summed E-state index contributed by atoms with van der Waals surface area (Å²) in [6, 6.07) is 9.17. The average molecular weight is 460 g/mol. The molecule has 0 aliphatic carbocycles. The van der Waals surface area contributed by atoms with Gasteiger partial charge in [-0.25, -0.2) is 4.98 Å². The molecule has 3 heterocycles. The number of hydrogen-bond donors (Lipinski definition) is 1. The maximum absolute atomic E-state index is 13.1. The number of nitrogens with zero attached hydrogens (tertiary/aromatic N) is 2. The van der Waals surface area contributed by atoms with E-state index in [1.54, 1.807) is 12.1 Å². The van der Waals surface area contributed by atoms with Crippen molar-refractivity contribution < 1.29 is 14.3 Å². The lowest BCUT2D eigenvalue weighted by atomic mass is 9.85. The van der Waals surface area contributed by atoms with Crippen LogP contribution in [0.15, 0.2) is 30.3 Å². The SMILES string of the molecule is CN1CC[C@@H](CC(=O)c2cc3c(cc2Cl)OCCO3)C[C@@H]1c1nc2ccc(Cl)cc2[nH]1. The van der Waals surface area contributed by atoms with Crippen LogP contribution in [0.5, 0.6) is 11.5 Å². The van der Waals surface area contributed by atoms with Crippen molar-refractivity contribution in [3.8, 4) is 11.5 Å². The van der Waals surface area contributed by atoms with E-state index < -0.39 is 0 Å². The van der Waals surface area contributed by atoms with E-state index in [-0.39, 0.29) is 17.7 Å². The number of carbonyl (C=O) groups excluding carboxylic acids is 1. The Morgan fingerprint density at radius 2 is 1.97 bits per heavy atom. The molecule has 2 aliphatic rings. The molecule has 1 fully saturated rings. The Morgan fingerprint density at radius 3 is 2.77 bits per heavy atom. The van der Waals surface area contributed by atoms with E-state index in [9.17, 15) is 4.79 Å². The molecule has 0 saturated carbocycles. The molecule has 0 amide bonds. The number of ether oxygens (including phenoxy) is 2. The first kappa shape index (κ1) is 20.6. The van der Waals surface area contributed by atoms with Gasteiger partial charge in [0.1, 0.15) is 19.0 Å². The van der Waals surface area contributed by atoms with Crippen LogP contribution in [0.3, 0.4) is 0 Å². The number of aromatic amines is 1. The monoisotopic (exact) mass is 459 g/mol. The molecule has 1 saturated heterocycles. The van der Waals surface area contributed by atoms with Gasteiger partial charge in [0.2, 0.25) is 0 Å². The largest absolute Gasteiger partial charge is 0.486 e. The number of rotatable bonds is 4. The number of likely N-dealkylation sites (tertiary alicyclic amines) is 1. The quantitative estimate of drug-likeness (QED) is 0.536. The Balaban J connectivity index is 1.33. The van der Waals surface area contributed by atoms with E-state index in [1.165, 1.54) is 0 Å². The first-order chi connectivity index (χ1) is 15.0. The zero-order chi connectivity index (χ0) is 21.5. The highest BCUT2D eigenvalue weighted by atomic mass is 35.5. The van der Waals surface area contributed by atoms with Gasteiger partial charge in [-0.1, -0.05) is 23.2 Å². The number of fused-ring (bicyclic) bond motifs is 2. The van der Waals surface area contributed by atoms with Crippen LogP contribution in [-0.2, 0) is 0 Å². The fourth-order valence-corrected chi connectivity index (χ4v) is 4.90. The van der Waals surface area contributed by atoms with Gasteiger partial charge >= 0.3 is 0 Å². The standard InChI is InChI=1S/C23H23Cl2N3O3/c1-28-5-4-13(8-19(28)23-26-17-3-2-14(24)10-18(17)27-23)9-20(29)15-11-21-22(12-16(15)25)31-7-6-30-21/h2-3,10-13,19H,4-9H2,1H3,(H,26,27)/t13-,19-/m1/s1. The zero-order valence-electron chi connectivity index (χ0n) is 17.2. The maximum atomic E-state index is 13.1. The first-order valence-electron chi connectivity index (χ1n) is 10.5. The van der Waals surface area contributed by atoms with Gasteiger partial charge in [-0.15, -0.1) is 0 Å². The summed E-state index contributed by atoms with van der Waals surface area (Å²) in [5, 5.41) is 1.09. The van der Waals surface area contributed by atoms with E-state index >= 15 is 0 Å². The van der Waals surface area contributed by atoms with Crippen molar-refractivity contribution >= 4 is 40.0 Å². The normalized spacial score (nSPS) is 21.4. The topological polar surface area (TPSA) is 67.5 Å². The molecule has 2 atom stereocenters. The van der Waals surface area contributed by atoms with E-state index in [2.05, 4.69) is 16.9 Å². The highest BCUT2D eigenvalue weighted by Crippen LogP contribution is 2.38. The minimum absolute atomic E-state index is 0.0339. The molecule has 2 aromatic carbocycles. The predicted molar refractivity (Wildman–Crippen MR) is 121 cm³/mol. The number of halogens is 2. The van der Waals surface area contributed by atoms with Gasteiger partial charge in [-0.3, -0.25) is 9.69 Å². The number of ketones is 1. The molecule has 0 spiro atoms. The Morgan fingerprint density at radius 1 is 1.19 bits per heavy atom. The van der Waals surface area contributed by atoms with Crippen LogP contribution in [0.25, 0.3) is 11.0 Å². The number of hydrogen-bond acceptors (Lipinski definition) is 5. The van der Waals surface area contributed by atoms with Crippen LogP contribution in [0.1, 0.15) is 41.5 Å². The first-order valence-corrected chi connectivity index (χ1v) is 11.2. The van der Waals surface area contributed by atoms with Gasteiger partial charge in [-0.2, -0.15) is 0 Å². The summed E-state index contributed by atoms with van der Waals surface area (Å²) in [6.07, 6.45) is 2.24. The van der Waals surface area contributed by atoms with Crippen LogP contribution in [0.4, 0.5) is 0 Å². The molecule has 1 N–H and O–H groups in total. The van der Waals surface area contributed by atoms with E-state index in [1.807, 2.05) is 18.2 Å². The highest BCUT2D eigenvalue weighted by molar-refractivity contribution is 6.34. The van der Waals surface area contributed by atoms with Gasteiger partial charge in [0.05, 0.1) is 22.1 Å². The summed E-state index contributed by atoms with van der Waals surface area (Å²) in [5.74, 6) is 2.37. The fourth-order valence-electron chi connectivity index (χ4n) is 4.47. The van der Waals surface area contributed by atoms with Gasteiger partial charge in [-0.05, 0) is 56.6 Å². The van der Waals surface area contributed by atoms with E-state index in [0.29, 0.717) is 46.7 Å². The third-order valence-corrected chi connectivity index (χ3v) is 6.71. The number of carbonyl (C=O) groups is 1. The molecule has 2 aliphatic heterocycles. The zero-order valence-corrected chi connectivity index (χ0v) is 18.7. The van der Waals surface area contributed by atoms with Crippen LogP contribution >= 0.6 is 23.2 Å². The van der Waals surface area contributed by atoms with Gasteiger partial charge in [0.25, 0.3) is 0 Å². The van der Waals surface area contributed by atoms with Gasteiger partial charge < -0.3 is 14.5 Å². The van der Waals surface area contributed by atoms with Crippen molar-refractivity contribution in [2.24, 2.45) is 5.92 Å². The molecule has 8 heteroatoms. The summed E-state index contributed by atoms with van der Waals surface area (Å²) < 4.78 is 11.2. The molecule has 5 rings (SSSR count). The molecule has 0 bridgehead atoms. The molecule has 3 aromatic rings. The second-order valence-corrected chi connectivity index (χ2v) is 9.12. The number of nitrogens with one attached hydrogen (secondary N) is 1. The number of H-pyrrole nitrogens is 1. The van der Waals surface area contributed by atoms with Crippen molar-refractivity contribution in [2.75, 3.05) is 26.8 Å². The van der Waals surface area contributed by atoms with Crippen molar-refractivity contribution in [3.05, 3.63) is 51.8 Å². The van der Waals surface area contributed by atoms with Crippen molar-refractivity contribution in [1.82, 2.24) is 14.9 Å². The summed E-state index contributed by atoms with van der Waals surface area (Å²) >= 11 is 12.5. The Kier molecular flexibility index (Phi) is 5.54.